The number of allylic oxidation sites excluding steroid dienone is 3. The largest absolute Gasteiger partial charge is 0.352 e. The molecule has 0 aliphatic heterocycles. The average molecular weight is 401 g/mol. The van der Waals surface area contributed by atoms with E-state index in [-0.39, 0.29) is 8.76 Å². The third-order valence-electron chi connectivity index (χ3n) is 4.89. The van der Waals surface area contributed by atoms with Gasteiger partial charge in [-0.2, -0.15) is 0 Å². The molecule has 5 nitrogen and oxygen atoms in total. The Balaban J connectivity index is 0.00000181. The fourth-order valence-corrected chi connectivity index (χ4v) is 3.31. The summed E-state index contributed by atoms with van der Waals surface area (Å²) in [4.78, 5) is 21.4. The number of nitrogens with one attached hydrogen (secondary N) is 2. The lowest BCUT2D eigenvalue weighted by Crippen LogP contribution is -2.24. The second-order valence-corrected chi connectivity index (χ2v) is 7.12. The third kappa shape index (κ3) is 5.20. The lowest BCUT2D eigenvalue weighted by atomic mass is 10.0. The maximum absolute atomic E-state index is 12.5. The molecule has 0 spiro atoms. The van der Waals surface area contributed by atoms with E-state index < -0.39 is 0 Å². The Hall–Kier alpha value is -3.73. The van der Waals surface area contributed by atoms with Gasteiger partial charge in [0, 0.05) is 26.2 Å². The molecular formula is C25H28N4O. The van der Waals surface area contributed by atoms with Crippen molar-refractivity contribution in [2.24, 2.45) is 0 Å². The lowest BCUT2D eigenvalue weighted by molar-refractivity contribution is 0.0954. The van der Waals surface area contributed by atoms with Crippen LogP contribution in [0.4, 0.5) is 11.5 Å². The van der Waals surface area contributed by atoms with Gasteiger partial charge in [0.05, 0.1) is 18.1 Å². The van der Waals surface area contributed by atoms with Gasteiger partial charge in [0.2, 0.25) is 0 Å². The van der Waals surface area contributed by atoms with E-state index in [9.17, 15) is 4.79 Å². The van der Waals surface area contributed by atoms with Crippen LogP contribution in [0.2, 0.25) is 0 Å². The van der Waals surface area contributed by atoms with Crippen molar-refractivity contribution in [3.8, 4) is 11.3 Å². The molecule has 3 aromatic rings. The molecule has 2 N–H and O–H groups in total. The minimum atomic E-state index is -0.0791. The SMILES string of the molecule is O=C(NCCC1=CCCC=C1)c1cccc(Nc2cnc(-c3ccccc3)cn2)c1.[HH].[HH]. The minimum Gasteiger partial charge on any atom is -0.352 e. The van der Waals surface area contributed by atoms with Crippen molar-refractivity contribution in [1.29, 1.82) is 0 Å². The Bertz CT molecular complexity index is 1070. The molecule has 30 heavy (non-hydrogen) atoms. The number of rotatable bonds is 7. The number of carbonyl (C=O) groups is 1. The van der Waals surface area contributed by atoms with Gasteiger partial charge in [-0.1, -0.05) is 60.2 Å². The Kier molecular flexibility index (Phi) is 6.30. The summed E-state index contributed by atoms with van der Waals surface area (Å²) in [5.41, 5.74) is 4.53. The first-order valence-corrected chi connectivity index (χ1v) is 10.2. The fourth-order valence-electron chi connectivity index (χ4n) is 3.31. The first kappa shape index (κ1) is 19.6. The third-order valence-corrected chi connectivity index (χ3v) is 4.89. The van der Waals surface area contributed by atoms with Crippen molar-refractivity contribution in [2.75, 3.05) is 11.9 Å². The van der Waals surface area contributed by atoms with Gasteiger partial charge in [0.15, 0.2) is 0 Å². The monoisotopic (exact) mass is 400 g/mol. The molecule has 5 heteroatoms. The van der Waals surface area contributed by atoms with Gasteiger partial charge in [0.25, 0.3) is 5.91 Å². The highest BCUT2D eigenvalue weighted by Gasteiger charge is 2.07. The molecule has 4 rings (SSSR count). The number of hydrogen-bond donors (Lipinski definition) is 2. The minimum absolute atomic E-state index is 0. The van der Waals surface area contributed by atoms with E-state index in [4.69, 9.17) is 0 Å². The normalized spacial score (nSPS) is 12.9. The van der Waals surface area contributed by atoms with Gasteiger partial charge in [-0.05, 0) is 37.5 Å². The molecule has 0 radical (unpaired) electrons. The van der Waals surface area contributed by atoms with Gasteiger partial charge in [-0.25, -0.2) is 4.98 Å². The van der Waals surface area contributed by atoms with E-state index in [1.54, 1.807) is 12.4 Å². The summed E-state index contributed by atoms with van der Waals surface area (Å²) in [7, 11) is 0. The zero-order valence-electron chi connectivity index (χ0n) is 16.7. The summed E-state index contributed by atoms with van der Waals surface area (Å²) in [5.74, 6) is 0.549. The topological polar surface area (TPSA) is 66.9 Å². The van der Waals surface area contributed by atoms with Crippen molar-refractivity contribution in [3.05, 3.63) is 96.4 Å². The standard InChI is InChI=1S/C25H24N4O.2H2/c30-25(26-15-14-19-8-3-1-4-9-19)21-12-7-13-22(16-21)29-24-18-27-23(17-28-24)20-10-5-2-6-11-20;;/h2-3,5-13,16-18H,1,4,14-15H2,(H,26,30)(H,28,29);2*1H. The second-order valence-electron chi connectivity index (χ2n) is 7.12. The van der Waals surface area contributed by atoms with Crippen molar-refractivity contribution in [3.63, 3.8) is 0 Å². The Morgan fingerprint density at radius 2 is 1.90 bits per heavy atom. The van der Waals surface area contributed by atoms with Crippen molar-refractivity contribution in [2.45, 2.75) is 19.3 Å². The summed E-state index contributed by atoms with van der Waals surface area (Å²) < 4.78 is 0. The maximum Gasteiger partial charge on any atom is 0.251 e. The highest BCUT2D eigenvalue weighted by atomic mass is 16.1. The van der Waals surface area contributed by atoms with Crippen molar-refractivity contribution < 1.29 is 7.65 Å². The number of amides is 1. The summed E-state index contributed by atoms with van der Waals surface area (Å²) in [6, 6.07) is 17.3. The van der Waals surface area contributed by atoms with Gasteiger partial charge in [0.1, 0.15) is 5.82 Å². The number of nitrogens with zero attached hydrogens (tertiary/aromatic N) is 2. The molecule has 0 saturated carbocycles. The number of benzene rings is 2. The van der Waals surface area contributed by atoms with Crippen LogP contribution in [-0.4, -0.2) is 22.4 Å². The van der Waals surface area contributed by atoms with Crippen LogP contribution in [0.1, 0.15) is 32.5 Å². The first-order chi connectivity index (χ1) is 14.8. The van der Waals surface area contributed by atoms with E-state index in [2.05, 4.69) is 38.8 Å². The quantitative estimate of drug-likeness (QED) is 0.528. The van der Waals surface area contributed by atoms with Crippen LogP contribution in [-0.2, 0) is 0 Å². The van der Waals surface area contributed by atoms with Crippen molar-refractivity contribution >= 4 is 17.4 Å². The molecule has 0 atom stereocenters. The number of hydrogen-bond acceptors (Lipinski definition) is 4. The Morgan fingerprint density at radius 1 is 1.00 bits per heavy atom. The van der Waals surface area contributed by atoms with E-state index >= 15 is 0 Å². The molecule has 1 heterocycles. The predicted octanol–water partition coefficient (Wildman–Crippen LogP) is 5.78. The van der Waals surface area contributed by atoms with Crippen LogP contribution in [0, 0.1) is 0 Å². The highest BCUT2D eigenvalue weighted by molar-refractivity contribution is 5.95. The first-order valence-electron chi connectivity index (χ1n) is 10.2. The van der Waals surface area contributed by atoms with Crippen LogP contribution in [0.25, 0.3) is 11.3 Å². The van der Waals surface area contributed by atoms with Crippen LogP contribution in [0.15, 0.2) is 90.8 Å². The average Bonchev–Trinajstić information content (AvgIpc) is 2.81. The lowest BCUT2D eigenvalue weighted by Gasteiger charge is -2.10. The number of aromatic nitrogens is 2. The molecule has 0 saturated heterocycles. The van der Waals surface area contributed by atoms with Gasteiger partial charge in [-0.3, -0.25) is 9.78 Å². The number of carbonyl (C=O) groups excluding carboxylic acids is 1. The van der Waals surface area contributed by atoms with Crippen LogP contribution in [0.3, 0.4) is 0 Å². The predicted molar refractivity (Wildman–Crippen MR) is 125 cm³/mol. The smallest absolute Gasteiger partial charge is 0.251 e. The molecule has 154 valence electrons. The molecule has 0 fully saturated rings. The summed E-state index contributed by atoms with van der Waals surface area (Å²) in [6.07, 6.45) is 13.0. The van der Waals surface area contributed by atoms with Crippen molar-refractivity contribution in [1.82, 2.24) is 15.3 Å². The van der Waals surface area contributed by atoms with Gasteiger partial charge < -0.3 is 10.6 Å². The van der Waals surface area contributed by atoms with Crippen LogP contribution in [0.5, 0.6) is 0 Å². The molecule has 1 amide bonds. The van der Waals surface area contributed by atoms with E-state index in [0.717, 1.165) is 36.2 Å². The van der Waals surface area contributed by atoms with Crippen LogP contribution < -0.4 is 10.6 Å². The van der Waals surface area contributed by atoms with Crippen LogP contribution >= 0.6 is 0 Å². The Morgan fingerprint density at radius 3 is 2.67 bits per heavy atom. The summed E-state index contributed by atoms with van der Waals surface area (Å²) in [6.45, 7) is 0.624. The fraction of sp³-hybridized carbons (Fsp3) is 0.160. The number of anilines is 2. The summed E-state index contributed by atoms with van der Waals surface area (Å²) in [5, 5.41) is 6.21. The molecule has 0 unspecified atom stereocenters. The second kappa shape index (κ2) is 9.65. The zero-order valence-corrected chi connectivity index (χ0v) is 16.7. The molecule has 1 aromatic heterocycles. The zero-order chi connectivity index (χ0) is 20.6. The molecule has 0 bridgehead atoms. The molecule has 1 aliphatic carbocycles. The molecule has 1 aliphatic rings. The van der Waals surface area contributed by atoms with E-state index in [0.29, 0.717) is 17.9 Å². The Labute approximate surface area is 179 Å². The van der Waals surface area contributed by atoms with E-state index in [1.807, 2.05) is 54.6 Å². The maximum atomic E-state index is 12.5. The van der Waals surface area contributed by atoms with Gasteiger partial charge >= 0.3 is 0 Å². The molecule has 2 aromatic carbocycles. The van der Waals surface area contributed by atoms with Gasteiger partial charge in [-0.15, -0.1) is 0 Å². The highest BCUT2D eigenvalue weighted by Crippen LogP contribution is 2.19. The van der Waals surface area contributed by atoms with E-state index in [1.165, 1.54) is 5.57 Å². The molecular weight excluding hydrogens is 372 g/mol. The summed E-state index contributed by atoms with van der Waals surface area (Å²) >= 11 is 0.